The minimum absolute atomic E-state index is 0.0510. The molecule has 6 nitrogen and oxygen atoms in total. The van der Waals surface area contributed by atoms with Crippen molar-refractivity contribution in [2.75, 3.05) is 26.7 Å². The fraction of sp³-hybridized carbons (Fsp3) is 0.867. The van der Waals surface area contributed by atoms with Crippen LogP contribution in [0.4, 0.5) is 0 Å². The summed E-state index contributed by atoms with van der Waals surface area (Å²) in [5, 5.41) is 7.85. The molecule has 0 amide bonds. The highest BCUT2D eigenvalue weighted by atomic mass is 16.5. The molecule has 0 spiro atoms. The Kier molecular flexibility index (Phi) is 3.69. The number of ether oxygens (including phenoxy) is 1. The highest BCUT2D eigenvalue weighted by molar-refractivity contribution is 5.03. The lowest BCUT2D eigenvalue weighted by atomic mass is 9.85. The molecule has 4 rings (SSSR count). The zero-order valence-corrected chi connectivity index (χ0v) is 12.6. The van der Waals surface area contributed by atoms with Gasteiger partial charge >= 0.3 is 0 Å². The van der Waals surface area contributed by atoms with Crippen LogP contribution >= 0.6 is 0 Å². The van der Waals surface area contributed by atoms with E-state index < -0.39 is 0 Å². The van der Waals surface area contributed by atoms with Crippen LogP contribution in [0.2, 0.25) is 0 Å². The van der Waals surface area contributed by atoms with Gasteiger partial charge in [0.2, 0.25) is 11.7 Å². The van der Waals surface area contributed by atoms with Crippen molar-refractivity contribution in [3.05, 3.63) is 11.7 Å². The van der Waals surface area contributed by atoms with E-state index in [9.17, 15) is 0 Å². The lowest BCUT2D eigenvalue weighted by molar-refractivity contribution is -0.0264. The van der Waals surface area contributed by atoms with Gasteiger partial charge in [-0.15, -0.1) is 0 Å². The topological polar surface area (TPSA) is 63.4 Å². The van der Waals surface area contributed by atoms with Crippen molar-refractivity contribution in [2.45, 2.75) is 50.3 Å². The third-order valence-corrected chi connectivity index (χ3v) is 5.18. The van der Waals surface area contributed by atoms with Gasteiger partial charge in [-0.05, 0) is 32.2 Å². The largest absolute Gasteiger partial charge is 0.367 e. The Morgan fingerprint density at radius 1 is 1.29 bits per heavy atom. The van der Waals surface area contributed by atoms with Crippen LogP contribution in [0.3, 0.4) is 0 Å². The van der Waals surface area contributed by atoms with Gasteiger partial charge < -0.3 is 19.5 Å². The molecule has 3 fully saturated rings. The SMILES string of the molecule is CN1CCOC(c2noc(C3CC4CCCCC4N3)n2)C1. The highest BCUT2D eigenvalue weighted by Gasteiger charge is 2.38. The Morgan fingerprint density at radius 3 is 3.05 bits per heavy atom. The predicted octanol–water partition coefficient (Wildman–Crippen LogP) is 1.67. The van der Waals surface area contributed by atoms with Crippen molar-refractivity contribution in [1.29, 1.82) is 0 Å². The minimum Gasteiger partial charge on any atom is -0.367 e. The zero-order valence-electron chi connectivity index (χ0n) is 12.6. The summed E-state index contributed by atoms with van der Waals surface area (Å²) in [7, 11) is 2.10. The monoisotopic (exact) mass is 292 g/mol. The standard InChI is InChI=1S/C15H24N4O2/c1-19-6-7-20-13(9-19)14-17-15(21-18-14)12-8-10-4-2-3-5-11(10)16-12/h10-13,16H,2-9H2,1H3. The third-order valence-electron chi connectivity index (χ3n) is 5.18. The molecule has 116 valence electrons. The van der Waals surface area contributed by atoms with E-state index in [1.807, 2.05) is 0 Å². The molecule has 0 aromatic carbocycles. The summed E-state index contributed by atoms with van der Waals surface area (Å²) < 4.78 is 11.3. The number of fused-ring (bicyclic) bond motifs is 1. The summed E-state index contributed by atoms with van der Waals surface area (Å²) in [6, 6.07) is 0.886. The predicted molar refractivity (Wildman–Crippen MR) is 76.7 cm³/mol. The van der Waals surface area contributed by atoms with Crippen molar-refractivity contribution in [1.82, 2.24) is 20.4 Å². The van der Waals surface area contributed by atoms with Gasteiger partial charge in [-0.25, -0.2) is 0 Å². The summed E-state index contributed by atoms with van der Waals surface area (Å²) in [4.78, 5) is 6.86. The van der Waals surface area contributed by atoms with E-state index in [-0.39, 0.29) is 12.1 Å². The molecule has 1 aromatic heterocycles. The van der Waals surface area contributed by atoms with Gasteiger partial charge in [0.05, 0.1) is 12.6 Å². The van der Waals surface area contributed by atoms with Crippen LogP contribution in [-0.2, 0) is 4.74 Å². The Labute approximate surface area is 125 Å². The molecule has 2 saturated heterocycles. The Hall–Kier alpha value is -0.980. The summed E-state index contributed by atoms with van der Waals surface area (Å²) in [6.07, 6.45) is 6.43. The summed E-state index contributed by atoms with van der Waals surface area (Å²) in [5.41, 5.74) is 0. The average molecular weight is 292 g/mol. The van der Waals surface area contributed by atoms with Gasteiger partial charge in [0, 0.05) is 19.1 Å². The number of hydrogen-bond donors (Lipinski definition) is 1. The Balaban J connectivity index is 1.45. The van der Waals surface area contributed by atoms with Crippen molar-refractivity contribution in [3.63, 3.8) is 0 Å². The van der Waals surface area contributed by atoms with E-state index in [1.165, 1.54) is 25.7 Å². The summed E-state index contributed by atoms with van der Waals surface area (Å²) in [5.74, 6) is 2.24. The molecule has 4 unspecified atom stereocenters. The number of hydrogen-bond acceptors (Lipinski definition) is 6. The second-order valence-electron chi connectivity index (χ2n) is 6.72. The van der Waals surface area contributed by atoms with Crippen LogP contribution < -0.4 is 5.32 Å². The first-order valence-corrected chi connectivity index (χ1v) is 8.19. The van der Waals surface area contributed by atoms with Crippen molar-refractivity contribution < 1.29 is 9.26 Å². The smallest absolute Gasteiger partial charge is 0.243 e. The summed E-state index contributed by atoms with van der Waals surface area (Å²) in [6.45, 7) is 2.54. The highest BCUT2D eigenvalue weighted by Crippen LogP contribution is 2.38. The number of morpholine rings is 1. The second-order valence-corrected chi connectivity index (χ2v) is 6.72. The molecule has 2 aliphatic heterocycles. The molecular weight excluding hydrogens is 268 g/mol. The number of nitrogens with one attached hydrogen (secondary N) is 1. The fourth-order valence-electron chi connectivity index (χ4n) is 3.96. The van der Waals surface area contributed by atoms with Gasteiger partial charge in [0.15, 0.2) is 0 Å². The molecule has 3 heterocycles. The first-order chi connectivity index (χ1) is 10.3. The molecule has 1 aliphatic carbocycles. The van der Waals surface area contributed by atoms with E-state index in [0.717, 1.165) is 37.9 Å². The van der Waals surface area contributed by atoms with E-state index in [1.54, 1.807) is 0 Å². The normalized spacial score (nSPS) is 37.6. The van der Waals surface area contributed by atoms with Crippen LogP contribution in [0.15, 0.2) is 4.52 Å². The summed E-state index contributed by atoms with van der Waals surface area (Å²) >= 11 is 0. The Morgan fingerprint density at radius 2 is 2.19 bits per heavy atom. The van der Waals surface area contributed by atoms with Crippen LogP contribution in [0, 0.1) is 5.92 Å². The maximum absolute atomic E-state index is 5.76. The van der Waals surface area contributed by atoms with Crippen LogP contribution in [0.1, 0.15) is 56.0 Å². The van der Waals surface area contributed by atoms with Gasteiger partial charge in [0.1, 0.15) is 6.10 Å². The lowest BCUT2D eigenvalue weighted by Gasteiger charge is -2.27. The molecule has 21 heavy (non-hydrogen) atoms. The first kappa shape index (κ1) is 13.7. The average Bonchev–Trinajstić information content (AvgIpc) is 3.14. The molecule has 1 N–H and O–H groups in total. The molecule has 0 radical (unpaired) electrons. The molecular formula is C15H24N4O2. The molecule has 1 aromatic rings. The van der Waals surface area contributed by atoms with Crippen molar-refractivity contribution in [2.24, 2.45) is 5.92 Å². The van der Waals surface area contributed by atoms with Gasteiger partial charge in [-0.2, -0.15) is 4.98 Å². The number of likely N-dealkylation sites (N-methyl/N-ethyl adjacent to an activating group) is 1. The molecule has 1 saturated carbocycles. The van der Waals surface area contributed by atoms with E-state index in [0.29, 0.717) is 11.9 Å². The maximum Gasteiger partial charge on any atom is 0.243 e. The molecule has 0 bridgehead atoms. The van der Waals surface area contributed by atoms with E-state index in [4.69, 9.17) is 9.26 Å². The van der Waals surface area contributed by atoms with Gasteiger partial charge in [-0.1, -0.05) is 18.0 Å². The third kappa shape index (κ3) is 2.72. The van der Waals surface area contributed by atoms with Crippen molar-refractivity contribution in [3.8, 4) is 0 Å². The number of nitrogens with zero attached hydrogens (tertiary/aromatic N) is 3. The molecule has 3 aliphatic rings. The van der Waals surface area contributed by atoms with Gasteiger partial charge in [-0.3, -0.25) is 0 Å². The quantitative estimate of drug-likeness (QED) is 0.894. The van der Waals surface area contributed by atoms with Crippen LogP contribution in [-0.4, -0.2) is 47.8 Å². The molecule has 4 atom stereocenters. The van der Waals surface area contributed by atoms with Crippen molar-refractivity contribution >= 4 is 0 Å². The zero-order chi connectivity index (χ0) is 14.2. The molecule has 6 heteroatoms. The fourth-order valence-corrected chi connectivity index (χ4v) is 3.96. The van der Waals surface area contributed by atoms with Crippen LogP contribution in [0.5, 0.6) is 0 Å². The lowest BCUT2D eigenvalue weighted by Crippen LogP contribution is -2.35. The van der Waals surface area contributed by atoms with E-state index >= 15 is 0 Å². The first-order valence-electron chi connectivity index (χ1n) is 8.19. The Bertz CT molecular complexity index is 478. The number of rotatable bonds is 2. The van der Waals surface area contributed by atoms with E-state index in [2.05, 4.69) is 27.4 Å². The second kappa shape index (κ2) is 5.66. The minimum atomic E-state index is -0.0510. The number of aromatic nitrogens is 2. The van der Waals surface area contributed by atoms with Crippen LogP contribution in [0.25, 0.3) is 0 Å². The van der Waals surface area contributed by atoms with Gasteiger partial charge in [0.25, 0.3) is 0 Å². The maximum atomic E-state index is 5.76.